The Kier molecular flexibility index (Phi) is 5.66. The van der Waals surface area contributed by atoms with Crippen molar-refractivity contribution in [2.75, 3.05) is 7.11 Å². The molecule has 0 aromatic rings. The van der Waals surface area contributed by atoms with E-state index in [9.17, 15) is 9.59 Å². The molecule has 0 aromatic carbocycles. The van der Waals surface area contributed by atoms with E-state index in [4.69, 9.17) is 4.89 Å². The van der Waals surface area contributed by atoms with Crippen molar-refractivity contribution in [2.45, 2.75) is 53.4 Å². The Morgan fingerprint density at radius 2 is 2.00 bits per heavy atom. The molecule has 5 atom stereocenters. The summed E-state index contributed by atoms with van der Waals surface area (Å²) in [5.41, 5.74) is -1.10. The zero-order valence-electron chi connectivity index (χ0n) is 15.0. The van der Waals surface area contributed by atoms with Crippen LogP contribution >= 0.6 is 0 Å². The van der Waals surface area contributed by atoms with Gasteiger partial charge in [0, 0.05) is 0 Å². The van der Waals surface area contributed by atoms with Gasteiger partial charge in [0.05, 0.1) is 7.11 Å². The first-order valence-corrected chi connectivity index (χ1v) is 8.81. The molecule has 0 spiro atoms. The lowest BCUT2D eigenvalue weighted by Crippen LogP contribution is -2.56. The monoisotopic (exact) mass is 322 g/mol. The van der Waals surface area contributed by atoms with Crippen molar-refractivity contribution < 1.29 is 19.4 Å². The molecule has 0 heterocycles. The minimum atomic E-state index is -1.10. The van der Waals surface area contributed by atoms with Crippen LogP contribution in [0, 0.1) is 35.0 Å². The molecule has 2 aliphatic rings. The van der Waals surface area contributed by atoms with Crippen molar-refractivity contribution in [3.63, 3.8) is 0 Å². The van der Waals surface area contributed by atoms with Gasteiger partial charge in [-0.25, -0.2) is 4.79 Å². The predicted molar refractivity (Wildman–Crippen MR) is 88.3 cm³/mol. The molecule has 1 saturated carbocycles. The van der Waals surface area contributed by atoms with E-state index in [0.717, 1.165) is 25.7 Å². The summed E-state index contributed by atoms with van der Waals surface area (Å²) in [6, 6.07) is 0. The second kappa shape index (κ2) is 7.16. The lowest BCUT2D eigenvalue weighted by Gasteiger charge is -2.49. The summed E-state index contributed by atoms with van der Waals surface area (Å²) in [7, 11) is 1.32. The van der Waals surface area contributed by atoms with E-state index in [1.807, 2.05) is 13.0 Å². The first kappa shape index (κ1) is 18.2. The van der Waals surface area contributed by atoms with E-state index < -0.39 is 11.4 Å². The van der Waals surface area contributed by atoms with Crippen LogP contribution in [0.25, 0.3) is 0 Å². The van der Waals surface area contributed by atoms with Gasteiger partial charge in [0.15, 0.2) is 5.78 Å². The molecule has 0 unspecified atom stereocenters. The van der Waals surface area contributed by atoms with Gasteiger partial charge < -0.3 is 0 Å². The number of carbonyl (C=O) groups excluding carboxylic acids is 2. The van der Waals surface area contributed by atoms with Crippen molar-refractivity contribution >= 4 is 11.8 Å². The Bertz CT molecular complexity index is 482. The van der Waals surface area contributed by atoms with Crippen LogP contribution in [0.1, 0.15) is 53.4 Å². The first-order valence-electron chi connectivity index (χ1n) is 8.81. The minimum absolute atomic E-state index is 0.0151. The third kappa shape index (κ3) is 3.10. The molecule has 4 nitrogen and oxygen atoms in total. The van der Waals surface area contributed by atoms with Crippen LogP contribution in [-0.4, -0.2) is 18.9 Å². The van der Waals surface area contributed by atoms with Crippen LogP contribution in [0.4, 0.5) is 0 Å². The van der Waals surface area contributed by atoms with Crippen LogP contribution in [0.15, 0.2) is 12.2 Å². The summed E-state index contributed by atoms with van der Waals surface area (Å²) in [5, 5.41) is 0. The lowest BCUT2D eigenvalue weighted by atomic mass is 9.52. The fraction of sp³-hybridized carbons (Fsp3) is 0.789. The number of hydrogen-bond donors (Lipinski definition) is 0. The average molecular weight is 322 g/mol. The van der Waals surface area contributed by atoms with Gasteiger partial charge in [0.1, 0.15) is 5.41 Å². The normalized spacial score (nSPS) is 37.9. The second-order valence-electron chi connectivity index (χ2n) is 7.74. The van der Waals surface area contributed by atoms with Crippen molar-refractivity contribution in [1.82, 2.24) is 0 Å². The Morgan fingerprint density at radius 3 is 2.57 bits per heavy atom. The summed E-state index contributed by atoms with van der Waals surface area (Å²) in [6.45, 7) is 8.59. The summed E-state index contributed by atoms with van der Waals surface area (Å²) in [5.74, 6) is 0.641. The molecule has 0 N–H and O–H groups in total. The highest BCUT2D eigenvalue weighted by Crippen LogP contribution is 2.53. The molecule has 0 saturated heterocycles. The number of allylic oxidation sites excluding steroid dienone is 2. The standard InChI is InChI=1S/C19H30O4/c1-12(2)15-10-9-13(3)11-16(15)19(18(21)23-22-5)14(4)7-6-8-17(19)20/h6,8,12-16H,7,9-11H2,1-5H3/t13-,14+,15+,16-,19+/m1/s1. The fourth-order valence-electron chi connectivity index (χ4n) is 4.82. The van der Waals surface area contributed by atoms with E-state index in [1.54, 1.807) is 6.08 Å². The van der Waals surface area contributed by atoms with Gasteiger partial charge in [0.2, 0.25) is 0 Å². The van der Waals surface area contributed by atoms with Crippen molar-refractivity contribution in [2.24, 2.45) is 35.0 Å². The predicted octanol–water partition coefficient (Wildman–Crippen LogP) is 3.95. The molecule has 2 rings (SSSR count). The minimum Gasteiger partial charge on any atom is -0.297 e. The number of carbonyl (C=O) groups is 2. The van der Waals surface area contributed by atoms with E-state index in [-0.39, 0.29) is 17.6 Å². The summed E-state index contributed by atoms with van der Waals surface area (Å²) < 4.78 is 0. The smallest absolute Gasteiger partial charge is 0.297 e. The molecular formula is C19H30O4. The van der Waals surface area contributed by atoms with Crippen LogP contribution < -0.4 is 0 Å². The van der Waals surface area contributed by atoms with E-state index in [1.165, 1.54) is 7.11 Å². The summed E-state index contributed by atoms with van der Waals surface area (Å²) in [4.78, 5) is 35.5. The van der Waals surface area contributed by atoms with Crippen molar-refractivity contribution in [3.8, 4) is 0 Å². The molecular weight excluding hydrogens is 292 g/mol. The Morgan fingerprint density at radius 1 is 1.30 bits per heavy atom. The number of rotatable bonds is 4. The van der Waals surface area contributed by atoms with Crippen LogP contribution in [0.3, 0.4) is 0 Å². The Labute approximate surface area is 139 Å². The maximum absolute atomic E-state index is 13.0. The molecule has 23 heavy (non-hydrogen) atoms. The highest BCUT2D eigenvalue weighted by atomic mass is 17.2. The van der Waals surface area contributed by atoms with Gasteiger partial charge in [0.25, 0.3) is 0 Å². The number of ketones is 1. The molecule has 1 fully saturated rings. The summed E-state index contributed by atoms with van der Waals surface area (Å²) >= 11 is 0. The van der Waals surface area contributed by atoms with Crippen molar-refractivity contribution in [3.05, 3.63) is 12.2 Å². The van der Waals surface area contributed by atoms with Crippen LogP contribution in [0.5, 0.6) is 0 Å². The Hall–Kier alpha value is -1.16. The van der Waals surface area contributed by atoms with Gasteiger partial charge in [-0.05, 0) is 54.9 Å². The van der Waals surface area contributed by atoms with Gasteiger partial charge >= 0.3 is 5.97 Å². The molecule has 0 radical (unpaired) electrons. The molecule has 2 aliphatic carbocycles. The topological polar surface area (TPSA) is 52.6 Å². The highest BCUT2D eigenvalue weighted by molar-refractivity contribution is 6.10. The van der Waals surface area contributed by atoms with Gasteiger partial charge in [-0.3, -0.25) is 9.68 Å². The second-order valence-corrected chi connectivity index (χ2v) is 7.74. The van der Waals surface area contributed by atoms with Gasteiger partial charge in [-0.1, -0.05) is 40.2 Å². The zero-order chi connectivity index (χ0) is 17.2. The third-order valence-electron chi connectivity index (χ3n) is 6.05. The van der Waals surface area contributed by atoms with Gasteiger partial charge in [-0.15, -0.1) is 0 Å². The zero-order valence-corrected chi connectivity index (χ0v) is 15.0. The summed E-state index contributed by atoms with van der Waals surface area (Å²) in [6.07, 6.45) is 7.30. The molecule has 0 aromatic heterocycles. The van der Waals surface area contributed by atoms with Crippen molar-refractivity contribution in [1.29, 1.82) is 0 Å². The highest BCUT2D eigenvalue weighted by Gasteiger charge is 2.60. The SMILES string of the molecule is COOC(=O)[C@@]1([C@@H]2C[C@H](C)CC[C@H]2C(C)C)C(=O)C=CC[C@@H]1C. The average Bonchev–Trinajstić information content (AvgIpc) is 2.47. The van der Waals surface area contributed by atoms with E-state index >= 15 is 0 Å². The van der Waals surface area contributed by atoms with Crippen LogP contribution in [0.2, 0.25) is 0 Å². The fourth-order valence-corrected chi connectivity index (χ4v) is 4.82. The molecule has 4 heteroatoms. The van der Waals surface area contributed by atoms with E-state index in [2.05, 4.69) is 25.7 Å². The molecule has 130 valence electrons. The van der Waals surface area contributed by atoms with Gasteiger partial charge in [-0.2, -0.15) is 4.89 Å². The Balaban J connectivity index is 2.53. The molecule has 0 amide bonds. The number of hydrogen-bond acceptors (Lipinski definition) is 4. The molecule has 0 aliphatic heterocycles. The largest absolute Gasteiger partial charge is 0.356 e. The third-order valence-corrected chi connectivity index (χ3v) is 6.05. The first-order chi connectivity index (χ1) is 10.9. The van der Waals surface area contributed by atoms with E-state index in [0.29, 0.717) is 17.8 Å². The lowest BCUT2D eigenvalue weighted by molar-refractivity contribution is -0.270. The maximum atomic E-state index is 13.0. The maximum Gasteiger partial charge on any atom is 0.356 e. The molecule has 0 bridgehead atoms. The van der Waals surface area contributed by atoms with Crippen LogP contribution in [-0.2, 0) is 19.4 Å². The quantitative estimate of drug-likeness (QED) is 0.447.